The van der Waals surface area contributed by atoms with Gasteiger partial charge in [0.25, 0.3) is 5.19 Å². The standard InChI is InChI=1S/C17H21BrN4O4S/c1-4-24-12-5-6-15(14(18)7-12)26-17-20-8-13(27-17)9-21-25-10-11(2)22(3)16(19)23/h5-9,11H,4,10H2,1-3H3,(H2,19,23)/t11-/m0/s1. The van der Waals surface area contributed by atoms with Gasteiger partial charge in [0.15, 0.2) is 0 Å². The first-order chi connectivity index (χ1) is 12.9. The number of carbonyl (C=O) groups is 1. The second-order valence-corrected chi connectivity index (χ2v) is 7.36. The molecule has 10 heteroatoms. The fraction of sp³-hybridized carbons (Fsp3) is 0.353. The number of halogens is 1. The summed E-state index contributed by atoms with van der Waals surface area (Å²) in [6, 6.07) is 4.78. The molecule has 0 saturated heterocycles. The lowest BCUT2D eigenvalue weighted by atomic mass is 10.3. The molecule has 0 aliphatic heterocycles. The van der Waals surface area contributed by atoms with E-state index in [2.05, 4.69) is 26.1 Å². The minimum absolute atomic E-state index is 0.183. The summed E-state index contributed by atoms with van der Waals surface area (Å²) in [5, 5.41) is 4.35. The number of primary amides is 1. The molecule has 2 aromatic rings. The highest BCUT2D eigenvalue weighted by atomic mass is 79.9. The summed E-state index contributed by atoms with van der Waals surface area (Å²) in [7, 11) is 1.60. The van der Waals surface area contributed by atoms with Crippen molar-refractivity contribution in [2.24, 2.45) is 10.9 Å². The number of nitrogens with two attached hydrogens (primary N) is 1. The third-order valence-corrected chi connectivity index (χ3v) is 4.92. The van der Waals surface area contributed by atoms with Gasteiger partial charge >= 0.3 is 6.03 Å². The lowest BCUT2D eigenvalue weighted by molar-refractivity contribution is 0.0944. The molecular formula is C17H21BrN4O4S. The average Bonchev–Trinajstić information content (AvgIpc) is 3.07. The van der Waals surface area contributed by atoms with Gasteiger partial charge in [-0.1, -0.05) is 16.5 Å². The summed E-state index contributed by atoms with van der Waals surface area (Å²) in [5.74, 6) is 1.40. The third kappa shape index (κ3) is 6.40. The van der Waals surface area contributed by atoms with Crippen LogP contribution in [0.15, 0.2) is 34.0 Å². The number of hydrogen-bond acceptors (Lipinski definition) is 7. The predicted molar refractivity (Wildman–Crippen MR) is 108 cm³/mol. The SMILES string of the molecule is CCOc1ccc(Oc2ncc(C=NOC[C@H](C)N(C)C(N)=O)s2)c(Br)c1. The number of rotatable bonds is 9. The molecular weight excluding hydrogens is 436 g/mol. The molecule has 1 aromatic heterocycles. The number of ether oxygens (including phenoxy) is 2. The first-order valence-electron chi connectivity index (χ1n) is 8.14. The molecule has 27 heavy (non-hydrogen) atoms. The molecule has 2 rings (SSSR count). The van der Waals surface area contributed by atoms with Crippen molar-refractivity contribution in [3.8, 4) is 16.7 Å². The normalized spacial score (nSPS) is 12.0. The Hall–Kier alpha value is -2.33. The maximum Gasteiger partial charge on any atom is 0.314 e. The number of likely N-dealkylation sites (N-methyl/N-ethyl adjacent to an activating group) is 1. The minimum Gasteiger partial charge on any atom is -0.494 e. The highest BCUT2D eigenvalue weighted by Gasteiger charge is 2.12. The fourth-order valence-corrected chi connectivity index (χ4v) is 2.94. The van der Waals surface area contributed by atoms with Gasteiger partial charge in [-0.25, -0.2) is 9.78 Å². The summed E-state index contributed by atoms with van der Waals surface area (Å²) in [4.78, 5) is 22.6. The lowest BCUT2D eigenvalue weighted by Gasteiger charge is -2.21. The van der Waals surface area contributed by atoms with E-state index < -0.39 is 6.03 Å². The van der Waals surface area contributed by atoms with Crippen molar-refractivity contribution < 1.29 is 19.1 Å². The summed E-state index contributed by atoms with van der Waals surface area (Å²) in [6.07, 6.45) is 3.17. The van der Waals surface area contributed by atoms with E-state index in [1.54, 1.807) is 13.2 Å². The van der Waals surface area contributed by atoms with Crippen molar-refractivity contribution in [3.63, 3.8) is 0 Å². The maximum absolute atomic E-state index is 11.0. The Morgan fingerprint density at radius 3 is 2.96 bits per heavy atom. The van der Waals surface area contributed by atoms with Crippen LogP contribution in [0.25, 0.3) is 0 Å². The number of oxime groups is 1. The number of carbonyl (C=O) groups excluding carboxylic acids is 1. The van der Waals surface area contributed by atoms with E-state index in [1.165, 1.54) is 22.5 Å². The van der Waals surface area contributed by atoms with Crippen LogP contribution >= 0.6 is 27.3 Å². The molecule has 0 spiro atoms. The van der Waals surface area contributed by atoms with Crippen LogP contribution in [-0.2, 0) is 4.84 Å². The van der Waals surface area contributed by atoms with Gasteiger partial charge in [0, 0.05) is 7.05 Å². The zero-order chi connectivity index (χ0) is 19.8. The molecule has 1 aromatic carbocycles. The van der Waals surface area contributed by atoms with Crippen LogP contribution in [0.5, 0.6) is 16.7 Å². The molecule has 8 nitrogen and oxygen atoms in total. The zero-order valence-corrected chi connectivity index (χ0v) is 17.6. The largest absolute Gasteiger partial charge is 0.494 e. The highest BCUT2D eigenvalue weighted by Crippen LogP contribution is 2.34. The molecule has 0 aliphatic carbocycles. The molecule has 0 unspecified atom stereocenters. The molecule has 0 aliphatic rings. The van der Waals surface area contributed by atoms with Crippen LogP contribution in [-0.4, -0.2) is 48.4 Å². The predicted octanol–water partition coefficient (Wildman–Crippen LogP) is 3.85. The molecule has 1 atom stereocenters. The van der Waals surface area contributed by atoms with E-state index in [-0.39, 0.29) is 12.6 Å². The van der Waals surface area contributed by atoms with Gasteiger partial charge in [-0.05, 0) is 48.0 Å². The smallest absolute Gasteiger partial charge is 0.314 e. The van der Waals surface area contributed by atoms with E-state index in [0.717, 1.165) is 15.1 Å². The Kier molecular flexibility index (Phi) is 7.86. The number of thiazole rings is 1. The summed E-state index contributed by atoms with van der Waals surface area (Å²) >= 11 is 4.78. The maximum atomic E-state index is 11.0. The van der Waals surface area contributed by atoms with E-state index in [0.29, 0.717) is 17.6 Å². The summed E-state index contributed by atoms with van der Waals surface area (Å²) in [6.45, 7) is 4.57. The molecule has 1 heterocycles. The number of aromatic nitrogens is 1. The zero-order valence-electron chi connectivity index (χ0n) is 15.2. The van der Waals surface area contributed by atoms with Crippen LogP contribution in [0.2, 0.25) is 0 Å². The van der Waals surface area contributed by atoms with E-state index in [4.69, 9.17) is 20.0 Å². The molecule has 0 radical (unpaired) electrons. The number of benzene rings is 1. The monoisotopic (exact) mass is 456 g/mol. The topological polar surface area (TPSA) is 99.3 Å². The van der Waals surface area contributed by atoms with Gasteiger partial charge in [0.1, 0.15) is 18.1 Å². The quantitative estimate of drug-likeness (QED) is 0.456. The Morgan fingerprint density at radius 1 is 1.52 bits per heavy atom. The van der Waals surface area contributed by atoms with E-state index in [9.17, 15) is 4.79 Å². The van der Waals surface area contributed by atoms with Crippen LogP contribution in [0.4, 0.5) is 4.79 Å². The van der Waals surface area contributed by atoms with Crippen LogP contribution in [0.3, 0.4) is 0 Å². The van der Waals surface area contributed by atoms with Crippen molar-refractivity contribution in [2.75, 3.05) is 20.3 Å². The van der Waals surface area contributed by atoms with Gasteiger partial charge in [-0.15, -0.1) is 0 Å². The van der Waals surface area contributed by atoms with Gasteiger partial charge in [0.2, 0.25) is 0 Å². The first kappa shape index (κ1) is 21.0. The Morgan fingerprint density at radius 2 is 2.30 bits per heavy atom. The lowest BCUT2D eigenvalue weighted by Crippen LogP contribution is -2.41. The second kappa shape index (κ2) is 10.1. The second-order valence-electron chi connectivity index (χ2n) is 5.48. The molecule has 146 valence electrons. The molecule has 2 N–H and O–H groups in total. The van der Waals surface area contributed by atoms with E-state index in [1.807, 2.05) is 32.0 Å². The number of nitrogens with zero attached hydrogens (tertiary/aromatic N) is 3. The first-order valence-corrected chi connectivity index (χ1v) is 9.75. The Labute approximate surface area is 170 Å². The third-order valence-electron chi connectivity index (χ3n) is 3.49. The van der Waals surface area contributed by atoms with Crippen LogP contribution < -0.4 is 15.2 Å². The number of amides is 2. The van der Waals surface area contributed by atoms with Gasteiger partial charge in [-0.3, -0.25) is 0 Å². The number of urea groups is 1. The van der Waals surface area contributed by atoms with Crippen LogP contribution in [0, 0.1) is 0 Å². The molecule has 0 fully saturated rings. The average molecular weight is 457 g/mol. The van der Waals surface area contributed by atoms with E-state index >= 15 is 0 Å². The van der Waals surface area contributed by atoms with Crippen LogP contribution in [0.1, 0.15) is 18.7 Å². The summed E-state index contributed by atoms with van der Waals surface area (Å²) in [5.41, 5.74) is 5.19. The van der Waals surface area contributed by atoms with Gasteiger partial charge < -0.3 is 24.9 Å². The van der Waals surface area contributed by atoms with Crippen molar-refractivity contribution in [2.45, 2.75) is 19.9 Å². The van der Waals surface area contributed by atoms with Crippen molar-refractivity contribution in [1.82, 2.24) is 9.88 Å². The van der Waals surface area contributed by atoms with Gasteiger partial charge in [-0.2, -0.15) is 0 Å². The highest BCUT2D eigenvalue weighted by molar-refractivity contribution is 9.10. The molecule has 0 bridgehead atoms. The van der Waals surface area contributed by atoms with Crippen molar-refractivity contribution in [3.05, 3.63) is 33.7 Å². The van der Waals surface area contributed by atoms with Crippen molar-refractivity contribution in [1.29, 1.82) is 0 Å². The fourth-order valence-electron chi connectivity index (χ4n) is 1.86. The minimum atomic E-state index is -0.514. The molecule has 0 saturated carbocycles. The summed E-state index contributed by atoms with van der Waals surface area (Å²) < 4.78 is 12.0. The van der Waals surface area contributed by atoms with Gasteiger partial charge in [0.05, 0.1) is 34.4 Å². The van der Waals surface area contributed by atoms with Crippen molar-refractivity contribution >= 4 is 39.5 Å². The number of hydrogen-bond donors (Lipinski definition) is 1. The molecule has 2 amide bonds. The Balaban J connectivity index is 1.88. The Bertz CT molecular complexity index is 799.